The highest BCUT2D eigenvalue weighted by molar-refractivity contribution is 5.94. The van der Waals surface area contributed by atoms with Gasteiger partial charge in [0, 0.05) is 37.8 Å². The number of aromatic nitrogens is 1. The molecule has 1 aromatic carbocycles. The maximum Gasteiger partial charge on any atom is 0.253 e. The minimum absolute atomic E-state index is 0.0251. The van der Waals surface area contributed by atoms with Gasteiger partial charge in [-0.1, -0.05) is 18.6 Å². The Balaban J connectivity index is 1.55. The first-order valence-corrected chi connectivity index (χ1v) is 10.3. The first-order chi connectivity index (χ1) is 14.8. The number of carbonyl (C=O) groups excluding carboxylic acids is 3. The van der Waals surface area contributed by atoms with E-state index in [2.05, 4.69) is 15.6 Å². The molecule has 0 saturated heterocycles. The molecule has 2 aromatic rings. The quantitative estimate of drug-likeness (QED) is 0.742. The second-order valence-corrected chi connectivity index (χ2v) is 7.98. The van der Waals surface area contributed by atoms with Crippen LogP contribution in [0.3, 0.4) is 0 Å². The molecule has 0 bridgehead atoms. The van der Waals surface area contributed by atoms with Crippen LogP contribution in [0.2, 0.25) is 0 Å². The molecule has 0 spiro atoms. The van der Waals surface area contributed by atoms with E-state index in [0.717, 1.165) is 19.3 Å². The second-order valence-electron chi connectivity index (χ2n) is 7.98. The fourth-order valence-electron chi connectivity index (χ4n) is 3.64. The average molecular weight is 426 g/mol. The summed E-state index contributed by atoms with van der Waals surface area (Å²) in [4.78, 5) is 42.4. The maximum atomic E-state index is 13.4. The number of likely N-dealkylation sites (N-methyl/N-ethyl adjacent to an activating group) is 1. The molecule has 1 aliphatic carbocycles. The normalized spacial score (nSPS) is 18.2. The fourth-order valence-corrected chi connectivity index (χ4v) is 3.64. The zero-order chi connectivity index (χ0) is 22.4. The van der Waals surface area contributed by atoms with Crippen LogP contribution in [-0.4, -0.2) is 54.3 Å². The Morgan fingerprint density at radius 1 is 1.16 bits per heavy atom. The molecule has 3 amide bonds. The van der Waals surface area contributed by atoms with Crippen LogP contribution in [0.5, 0.6) is 0 Å². The van der Waals surface area contributed by atoms with E-state index in [-0.39, 0.29) is 42.0 Å². The Morgan fingerprint density at radius 3 is 2.65 bits per heavy atom. The molecule has 2 atom stereocenters. The van der Waals surface area contributed by atoms with Crippen molar-refractivity contribution < 1.29 is 18.8 Å². The van der Waals surface area contributed by atoms with Gasteiger partial charge < -0.3 is 15.5 Å². The van der Waals surface area contributed by atoms with Gasteiger partial charge in [0.15, 0.2) is 0 Å². The van der Waals surface area contributed by atoms with Crippen molar-refractivity contribution in [2.45, 2.75) is 31.7 Å². The molecule has 0 aliphatic heterocycles. The average Bonchev–Trinajstić information content (AvgIpc) is 2.77. The van der Waals surface area contributed by atoms with Gasteiger partial charge in [-0.15, -0.1) is 0 Å². The summed E-state index contributed by atoms with van der Waals surface area (Å²) in [5.74, 6) is -1.16. The molecule has 3 rings (SSSR count). The lowest BCUT2D eigenvalue weighted by atomic mass is 9.85. The molecule has 0 radical (unpaired) electrons. The van der Waals surface area contributed by atoms with Crippen LogP contribution in [0.15, 0.2) is 42.6 Å². The molecule has 7 nitrogen and oxygen atoms in total. The molecule has 1 heterocycles. The minimum atomic E-state index is -0.344. The molecule has 1 fully saturated rings. The maximum absolute atomic E-state index is 13.4. The third-order valence-electron chi connectivity index (χ3n) is 5.44. The van der Waals surface area contributed by atoms with Gasteiger partial charge in [0.1, 0.15) is 5.82 Å². The van der Waals surface area contributed by atoms with Gasteiger partial charge in [-0.2, -0.15) is 0 Å². The number of amides is 3. The Bertz CT molecular complexity index is 946. The van der Waals surface area contributed by atoms with Gasteiger partial charge in [0.2, 0.25) is 11.8 Å². The van der Waals surface area contributed by atoms with Crippen molar-refractivity contribution in [3.8, 4) is 11.3 Å². The van der Waals surface area contributed by atoms with E-state index in [4.69, 9.17) is 0 Å². The molecule has 0 unspecified atom stereocenters. The van der Waals surface area contributed by atoms with Crippen LogP contribution in [0.4, 0.5) is 4.39 Å². The van der Waals surface area contributed by atoms with Gasteiger partial charge in [-0.25, -0.2) is 4.39 Å². The van der Waals surface area contributed by atoms with Crippen molar-refractivity contribution in [1.29, 1.82) is 0 Å². The van der Waals surface area contributed by atoms with Gasteiger partial charge >= 0.3 is 0 Å². The Labute approximate surface area is 181 Å². The third-order valence-corrected chi connectivity index (χ3v) is 5.44. The Morgan fingerprint density at radius 2 is 1.97 bits per heavy atom. The van der Waals surface area contributed by atoms with Crippen molar-refractivity contribution in [1.82, 2.24) is 20.5 Å². The number of benzene rings is 1. The smallest absolute Gasteiger partial charge is 0.253 e. The van der Waals surface area contributed by atoms with Crippen molar-refractivity contribution >= 4 is 17.7 Å². The monoisotopic (exact) mass is 426 g/mol. The molecule has 8 heteroatoms. The molecular formula is C23H27FN4O3. The largest absolute Gasteiger partial charge is 0.349 e. The number of rotatable bonds is 6. The van der Waals surface area contributed by atoms with Crippen LogP contribution in [0.25, 0.3) is 11.3 Å². The number of nitrogens with zero attached hydrogens (tertiary/aromatic N) is 2. The predicted molar refractivity (Wildman–Crippen MR) is 115 cm³/mol. The molecule has 1 aliphatic rings. The number of nitrogens with one attached hydrogen (secondary N) is 2. The van der Waals surface area contributed by atoms with E-state index in [1.54, 1.807) is 38.4 Å². The number of halogens is 1. The number of pyridine rings is 1. The Kier molecular flexibility index (Phi) is 7.33. The van der Waals surface area contributed by atoms with Gasteiger partial charge in [0.05, 0.1) is 17.8 Å². The van der Waals surface area contributed by atoms with Crippen molar-refractivity contribution in [3.63, 3.8) is 0 Å². The lowest BCUT2D eigenvalue weighted by Crippen LogP contribution is -2.44. The molecule has 1 aromatic heterocycles. The summed E-state index contributed by atoms with van der Waals surface area (Å²) in [6.07, 6.45) is 4.35. The zero-order valence-electron chi connectivity index (χ0n) is 17.7. The van der Waals surface area contributed by atoms with E-state index in [1.807, 2.05) is 0 Å². The summed E-state index contributed by atoms with van der Waals surface area (Å²) < 4.78 is 13.4. The topological polar surface area (TPSA) is 91.4 Å². The van der Waals surface area contributed by atoms with Crippen LogP contribution < -0.4 is 10.6 Å². The molecule has 1 saturated carbocycles. The summed E-state index contributed by atoms with van der Waals surface area (Å²) in [7, 11) is 3.28. The third kappa shape index (κ3) is 6.10. The standard InChI is InChI=1S/C23H27FN4O3/c1-28(2)21(29)14-26-22(30)16-6-4-8-19(12-16)27-23(31)17-9-10-20(25-13-17)15-5-3-7-18(24)11-15/h3,5,7,9-11,13,16,19H,4,6,8,12,14H2,1-2H3,(H,26,30)(H,27,31)/t16-,19+/m0/s1. The van der Waals surface area contributed by atoms with Crippen LogP contribution in [-0.2, 0) is 9.59 Å². The highest BCUT2D eigenvalue weighted by atomic mass is 19.1. The van der Waals surface area contributed by atoms with Crippen molar-refractivity contribution in [3.05, 3.63) is 54.0 Å². The molecule has 31 heavy (non-hydrogen) atoms. The van der Waals surface area contributed by atoms with E-state index >= 15 is 0 Å². The highest BCUT2D eigenvalue weighted by Gasteiger charge is 2.28. The SMILES string of the molecule is CN(C)C(=O)CNC(=O)[C@H]1CCC[C@@H](NC(=O)c2ccc(-c3cccc(F)c3)nc2)C1. The molecular weight excluding hydrogens is 399 g/mol. The van der Waals surface area contributed by atoms with E-state index in [9.17, 15) is 18.8 Å². The summed E-state index contributed by atoms with van der Waals surface area (Å²) in [5, 5.41) is 5.66. The summed E-state index contributed by atoms with van der Waals surface area (Å²) in [5.41, 5.74) is 1.63. The van der Waals surface area contributed by atoms with Crippen LogP contribution in [0.1, 0.15) is 36.0 Å². The minimum Gasteiger partial charge on any atom is -0.349 e. The van der Waals surface area contributed by atoms with Gasteiger partial charge in [-0.05, 0) is 43.5 Å². The first-order valence-electron chi connectivity index (χ1n) is 10.3. The lowest BCUT2D eigenvalue weighted by Gasteiger charge is -2.29. The number of carbonyl (C=O) groups is 3. The predicted octanol–water partition coefficient (Wildman–Crippen LogP) is 2.38. The fraction of sp³-hybridized carbons (Fsp3) is 0.391. The van der Waals surface area contributed by atoms with Crippen molar-refractivity contribution in [2.24, 2.45) is 5.92 Å². The van der Waals surface area contributed by atoms with Crippen LogP contribution in [0, 0.1) is 11.7 Å². The van der Waals surface area contributed by atoms with Gasteiger partial charge in [-0.3, -0.25) is 19.4 Å². The Hall–Kier alpha value is -3.29. The zero-order valence-corrected chi connectivity index (χ0v) is 17.7. The van der Waals surface area contributed by atoms with E-state index in [0.29, 0.717) is 23.2 Å². The molecule has 2 N–H and O–H groups in total. The summed E-state index contributed by atoms with van der Waals surface area (Å²) in [6, 6.07) is 9.34. The number of hydrogen-bond acceptors (Lipinski definition) is 4. The first kappa shape index (κ1) is 22.4. The summed E-state index contributed by atoms with van der Waals surface area (Å²) in [6.45, 7) is -0.0251. The summed E-state index contributed by atoms with van der Waals surface area (Å²) >= 11 is 0. The second kappa shape index (κ2) is 10.1. The lowest BCUT2D eigenvalue weighted by molar-refractivity contribution is -0.132. The highest BCUT2D eigenvalue weighted by Crippen LogP contribution is 2.25. The molecule has 164 valence electrons. The number of hydrogen-bond donors (Lipinski definition) is 2. The van der Waals surface area contributed by atoms with E-state index < -0.39 is 0 Å². The van der Waals surface area contributed by atoms with Crippen molar-refractivity contribution in [2.75, 3.05) is 20.6 Å². The van der Waals surface area contributed by atoms with Crippen LogP contribution >= 0.6 is 0 Å². The van der Waals surface area contributed by atoms with Gasteiger partial charge in [0.25, 0.3) is 5.91 Å². The van der Waals surface area contributed by atoms with E-state index in [1.165, 1.54) is 23.2 Å².